The third-order valence-corrected chi connectivity index (χ3v) is 6.40. The van der Waals surface area contributed by atoms with Crippen molar-refractivity contribution in [3.8, 4) is 0 Å². The van der Waals surface area contributed by atoms with E-state index in [9.17, 15) is 9.59 Å². The number of hydrogen-bond donors (Lipinski definition) is 0. The molecule has 0 saturated carbocycles. The van der Waals surface area contributed by atoms with Crippen molar-refractivity contribution in [1.29, 1.82) is 0 Å². The number of benzene rings is 2. The number of fused-ring (bicyclic) bond motifs is 1. The summed E-state index contributed by atoms with van der Waals surface area (Å²) in [7, 11) is 0. The maximum absolute atomic E-state index is 12.9. The van der Waals surface area contributed by atoms with Crippen LogP contribution in [-0.2, 0) is 27.3 Å². The van der Waals surface area contributed by atoms with Crippen LogP contribution in [0.15, 0.2) is 35.3 Å². The fraction of sp³-hybridized carbons (Fsp3) is 0.400. The van der Waals surface area contributed by atoms with E-state index in [0.29, 0.717) is 17.3 Å². The Morgan fingerprint density at radius 1 is 1.10 bits per heavy atom. The molecule has 0 radical (unpaired) electrons. The Balaban J connectivity index is 2.05. The highest BCUT2D eigenvalue weighted by atomic mass is 32.1. The van der Waals surface area contributed by atoms with Crippen LogP contribution in [-0.4, -0.2) is 23.1 Å². The molecule has 0 spiro atoms. The lowest BCUT2D eigenvalue weighted by atomic mass is 9.97. The molecule has 0 N–H and O–H groups in total. The maximum Gasteiger partial charge on any atom is 0.326 e. The zero-order chi connectivity index (χ0) is 22.7. The Bertz CT molecular complexity index is 1180. The number of carbonyl (C=O) groups is 2. The molecular weight excluding hydrogens is 408 g/mol. The van der Waals surface area contributed by atoms with Crippen molar-refractivity contribution in [3.63, 3.8) is 0 Å². The molecule has 0 aliphatic carbocycles. The van der Waals surface area contributed by atoms with E-state index in [1.54, 1.807) is 11.5 Å². The van der Waals surface area contributed by atoms with Crippen LogP contribution in [0.5, 0.6) is 0 Å². The Labute approximate surface area is 187 Å². The summed E-state index contributed by atoms with van der Waals surface area (Å²) in [4.78, 5) is 30.1. The molecule has 1 amide bonds. The lowest BCUT2D eigenvalue weighted by Crippen LogP contribution is -2.23. The van der Waals surface area contributed by atoms with Crippen molar-refractivity contribution in [1.82, 2.24) is 4.57 Å². The molecule has 0 fully saturated rings. The number of rotatable bonds is 6. The van der Waals surface area contributed by atoms with Crippen LogP contribution in [0.25, 0.3) is 10.2 Å². The SMILES string of the molecule is CCOC(=O)Cn1c(=NC(=O)Cc2c(C)cc(C)cc2C)sc2cc(C(C)C)ccc21. The van der Waals surface area contributed by atoms with Crippen LogP contribution >= 0.6 is 11.3 Å². The van der Waals surface area contributed by atoms with Gasteiger partial charge in [-0.1, -0.05) is 48.9 Å². The molecule has 6 heteroatoms. The number of aromatic nitrogens is 1. The minimum Gasteiger partial charge on any atom is -0.465 e. The predicted octanol–water partition coefficient (Wildman–Crippen LogP) is 4.98. The van der Waals surface area contributed by atoms with Gasteiger partial charge in [0.25, 0.3) is 5.91 Å². The summed E-state index contributed by atoms with van der Waals surface area (Å²) in [6.07, 6.45) is 0.239. The summed E-state index contributed by atoms with van der Waals surface area (Å²) in [5.41, 5.74) is 6.48. The van der Waals surface area contributed by atoms with Crippen LogP contribution in [0.1, 0.15) is 54.5 Å². The fourth-order valence-corrected chi connectivity index (χ4v) is 4.90. The van der Waals surface area contributed by atoms with Crippen LogP contribution in [0, 0.1) is 20.8 Å². The molecule has 0 aliphatic heterocycles. The molecule has 3 aromatic rings. The van der Waals surface area contributed by atoms with Gasteiger partial charge in [-0.05, 0) is 68.0 Å². The second kappa shape index (κ2) is 9.60. The Hall–Kier alpha value is -2.73. The molecule has 164 valence electrons. The molecule has 3 rings (SSSR count). The van der Waals surface area contributed by atoms with E-state index < -0.39 is 0 Å². The summed E-state index contributed by atoms with van der Waals surface area (Å²) in [5, 5.41) is 0. The number of amides is 1. The van der Waals surface area contributed by atoms with Crippen LogP contribution in [0.3, 0.4) is 0 Å². The molecule has 0 aliphatic rings. The van der Waals surface area contributed by atoms with E-state index in [0.717, 1.165) is 26.9 Å². The zero-order valence-electron chi connectivity index (χ0n) is 19.1. The van der Waals surface area contributed by atoms with Gasteiger partial charge in [-0.15, -0.1) is 0 Å². The third-order valence-electron chi connectivity index (χ3n) is 5.35. The topological polar surface area (TPSA) is 60.7 Å². The second-order valence-corrected chi connectivity index (χ2v) is 9.23. The number of ether oxygens (including phenoxy) is 1. The summed E-state index contributed by atoms with van der Waals surface area (Å²) in [5.74, 6) is -0.169. The van der Waals surface area contributed by atoms with E-state index in [4.69, 9.17) is 4.74 Å². The first-order chi connectivity index (χ1) is 14.7. The lowest BCUT2D eigenvalue weighted by molar-refractivity contribution is -0.143. The van der Waals surface area contributed by atoms with Crippen LogP contribution in [0.4, 0.5) is 0 Å². The molecule has 0 bridgehead atoms. The summed E-state index contributed by atoms with van der Waals surface area (Å²) in [6.45, 7) is 12.5. The van der Waals surface area contributed by atoms with Gasteiger partial charge in [0.2, 0.25) is 0 Å². The molecule has 0 unspecified atom stereocenters. The van der Waals surface area contributed by atoms with Gasteiger partial charge < -0.3 is 9.30 Å². The number of aryl methyl sites for hydroxylation is 3. The number of thiazole rings is 1. The Morgan fingerprint density at radius 2 is 1.77 bits per heavy atom. The average molecular weight is 439 g/mol. The number of carbonyl (C=O) groups excluding carboxylic acids is 2. The van der Waals surface area contributed by atoms with Crippen molar-refractivity contribution in [3.05, 3.63) is 63.0 Å². The monoisotopic (exact) mass is 438 g/mol. The minimum absolute atomic E-state index is 0.0313. The summed E-state index contributed by atoms with van der Waals surface area (Å²) >= 11 is 1.43. The molecule has 1 heterocycles. The molecule has 2 aromatic carbocycles. The Morgan fingerprint density at radius 3 is 2.39 bits per heavy atom. The van der Waals surface area contributed by atoms with E-state index in [-0.39, 0.29) is 24.8 Å². The fourth-order valence-electron chi connectivity index (χ4n) is 3.81. The minimum atomic E-state index is -0.339. The van der Waals surface area contributed by atoms with Gasteiger partial charge in [0, 0.05) is 0 Å². The molecule has 0 atom stereocenters. The van der Waals surface area contributed by atoms with Crippen molar-refractivity contribution in [2.75, 3.05) is 6.61 Å². The van der Waals surface area contributed by atoms with E-state index in [2.05, 4.69) is 50.0 Å². The second-order valence-electron chi connectivity index (χ2n) is 8.22. The largest absolute Gasteiger partial charge is 0.465 e. The van der Waals surface area contributed by atoms with Gasteiger partial charge in [-0.25, -0.2) is 0 Å². The predicted molar refractivity (Wildman–Crippen MR) is 125 cm³/mol. The standard InChI is InChI=1S/C25H30N2O3S/c1-7-30-24(29)14-27-21-9-8-19(15(2)3)12-22(21)31-25(27)26-23(28)13-20-17(5)10-16(4)11-18(20)6/h8-12,15H,7,13-14H2,1-6H3. The van der Waals surface area contributed by atoms with E-state index in [1.165, 1.54) is 22.5 Å². The van der Waals surface area contributed by atoms with Crippen molar-refractivity contribution in [2.24, 2.45) is 4.99 Å². The molecule has 31 heavy (non-hydrogen) atoms. The van der Waals surface area contributed by atoms with Crippen LogP contribution in [0.2, 0.25) is 0 Å². The van der Waals surface area contributed by atoms with Crippen LogP contribution < -0.4 is 4.80 Å². The Kier molecular flexibility index (Phi) is 7.11. The van der Waals surface area contributed by atoms with Crippen molar-refractivity contribution < 1.29 is 14.3 Å². The van der Waals surface area contributed by atoms with Crippen molar-refractivity contribution >= 4 is 33.4 Å². The highest BCUT2D eigenvalue weighted by molar-refractivity contribution is 7.16. The summed E-state index contributed by atoms with van der Waals surface area (Å²) in [6, 6.07) is 10.3. The van der Waals surface area contributed by atoms with Gasteiger partial charge in [0.05, 0.1) is 23.2 Å². The molecular formula is C25H30N2O3S. The first-order valence-electron chi connectivity index (χ1n) is 10.6. The van der Waals surface area contributed by atoms with Gasteiger partial charge in [0.15, 0.2) is 4.80 Å². The number of hydrogen-bond acceptors (Lipinski definition) is 4. The first-order valence-corrected chi connectivity index (χ1v) is 11.4. The summed E-state index contributed by atoms with van der Waals surface area (Å²) < 4.78 is 7.93. The highest BCUT2D eigenvalue weighted by Gasteiger charge is 2.15. The first kappa shape index (κ1) is 22.9. The third kappa shape index (κ3) is 5.31. The number of esters is 1. The average Bonchev–Trinajstić information content (AvgIpc) is 3.01. The molecule has 5 nitrogen and oxygen atoms in total. The highest BCUT2D eigenvalue weighted by Crippen LogP contribution is 2.24. The normalized spacial score (nSPS) is 12.0. The van der Waals surface area contributed by atoms with Gasteiger partial charge in [-0.3, -0.25) is 9.59 Å². The van der Waals surface area contributed by atoms with Gasteiger partial charge in [-0.2, -0.15) is 4.99 Å². The molecule has 0 saturated heterocycles. The molecule has 1 aromatic heterocycles. The quantitative estimate of drug-likeness (QED) is 0.510. The van der Waals surface area contributed by atoms with Gasteiger partial charge >= 0.3 is 5.97 Å². The van der Waals surface area contributed by atoms with E-state index in [1.807, 2.05) is 19.9 Å². The number of nitrogens with zero attached hydrogens (tertiary/aromatic N) is 2. The van der Waals surface area contributed by atoms with Gasteiger partial charge in [0.1, 0.15) is 6.54 Å². The van der Waals surface area contributed by atoms with Crippen molar-refractivity contribution in [2.45, 2.75) is 60.4 Å². The maximum atomic E-state index is 12.9. The smallest absolute Gasteiger partial charge is 0.326 e. The zero-order valence-corrected chi connectivity index (χ0v) is 19.9. The lowest BCUT2D eigenvalue weighted by Gasteiger charge is -2.09. The van der Waals surface area contributed by atoms with E-state index >= 15 is 0 Å².